The lowest BCUT2D eigenvalue weighted by molar-refractivity contribution is 0.873. The van der Waals surface area contributed by atoms with Gasteiger partial charge in [0.05, 0.1) is 0 Å². The Labute approximate surface area is 124 Å². The van der Waals surface area contributed by atoms with Crippen LogP contribution in [0, 0.1) is 0 Å². The van der Waals surface area contributed by atoms with E-state index in [1.165, 1.54) is 33.5 Å². The van der Waals surface area contributed by atoms with Crippen LogP contribution in [0.5, 0.6) is 0 Å². The molecule has 3 aromatic carbocycles. The molecule has 0 heterocycles. The SMILES string of the molecule is CC12c3ccccc3-c3ccc(Nc4ccccc4)c1c32. The number of hydrogen-bond donors (Lipinski definition) is 1. The van der Waals surface area contributed by atoms with Gasteiger partial charge in [-0.1, -0.05) is 48.5 Å². The van der Waals surface area contributed by atoms with Gasteiger partial charge in [0.1, 0.15) is 0 Å². The maximum absolute atomic E-state index is 3.57. The highest BCUT2D eigenvalue weighted by Crippen LogP contribution is 2.67. The van der Waals surface area contributed by atoms with Crippen molar-refractivity contribution in [3.05, 3.63) is 83.4 Å². The quantitative estimate of drug-likeness (QED) is 0.684. The molecule has 1 atom stereocenters. The molecule has 2 aliphatic rings. The summed E-state index contributed by atoms with van der Waals surface area (Å²) >= 11 is 0. The zero-order valence-corrected chi connectivity index (χ0v) is 11.9. The minimum Gasteiger partial charge on any atom is -0.355 e. The highest BCUT2D eigenvalue weighted by atomic mass is 14.9. The molecular weight excluding hydrogens is 254 g/mol. The maximum atomic E-state index is 3.57. The van der Waals surface area contributed by atoms with Gasteiger partial charge in [-0.3, -0.25) is 0 Å². The third-order valence-corrected chi connectivity index (χ3v) is 4.95. The summed E-state index contributed by atoms with van der Waals surface area (Å²) in [5.41, 5.74) is 9.81. The molecule has 0 aliphatic heterocycles. The van der Waals surface area contributed by atoms with E-state index in [2.05, 4.69) is 72.9 Å². The fourth-order valence-electron chi connectivity index (χ4n) is 3.95. The van der Waals surface area contributed by atoms with Crippen molar-refractivity contribution in [1.29, 1.82) is 0 Å². The Morgan fingerprint density at radius 2 is 1.48 bits per heavy atom. The highest BCUT2D eigenvalue weighted by Gasteiger charge is 2.56. The molecule has 21 heavy (non-hydrogen) atoms. The van der Waals surface area contributed by atoms with Gasteiger partial charge in [0.15, 0.2) is 0 Å². The predicted octanol–water partition coefficient (Wildman–Crippen LogP) is 5.08. The van der Waals surface area contributed by atoms with E-state index >= 15 is 0 Å². The lowest BCUT2D eigenvalue weighted by atomic mass is 9.92. The van der Waals surface area contributed by atoms with Gasteiger partial charge in [0.2, 0.25) is 0 Å². The van der Waals surface area contributed by atoms with E-state index in [1.54, 1.807) is 0 Å². The normalized spacial score (nSPS) is 19.9. The van der Waals surface area contributed by atoms with Crippen molar-refractivity contribution in [2.24, 2.45) is 0 Å². The van der Waals surface area contributed by atoms with Crippen molar-refractivity contribution < 1.29 is 0 Å². The minimum atomic E-state index is 0.131. The van der Waals surface area contributed by atoms with Gasteiger partial charge in [-0.2, -0.15) is 0 Å². The second-order valence-electron chi connectivity index (χ2n) is 6.07. The number of hydrogen-bond acceptors (Lipinski definition) is 1. The smallest absolute Gasteiger partial charge is 0.0463 e. The summed E-state index contributed by atoms with van der Waals surface area (Å²) in [5.74, 6) is 0. The topological polar surface area (TPSA) is 12.0 Å². The van der Waals surface area contributed by atoms with Gasteiger partial charge < -0.3 is 5.32 Å². The first-order valence-corrected chi connectivity index (χ1v) is 7.40. The number of nitrogens with one attached hydrogen (secondary N) is 1. The molecule has 0 aromatic heterocycles. The standard InChI is InChI=1S/C20H15N/c1-20-16-10-6-5-9-14(16)15-11-12-17(19(20)18(15)20)21-13-7-3-2-4-8-13/h2-12,21H,1H3. The van der Waals surface area contributed by atoms with E-state index in [9.17, 15) is 0 Å². The first kappa shape index (κ1) is 11.2. The summed E-state index contributed by atoms with van der Waals surface area (Å²) in [6.45, 7) is 2.35. The van der Waals surface area contributed by atoms with Gasteiger partial charge in [0.25, 0.3) is 0 Å². The molecule has 0 fully saturated rings. The van der Waals surface area contributed by atoms with Crippen molar-refractivity contribution in [2.75, 3.05) is 5.32 Å². The van der Waals surface area contributed by atoms with Crippen LogP contribution >= 0.6 is 0 Å². The molecule has 5 rings (SSSR count). The van der Waals surface area contributed by atoms with Crippen molar-refractivity contribution in [3.8, 4) is 11.1 Å². The van der Waals surface area contributed by atoms with Gasteiger partial charge in [-0.15, -0.1) is 0 Å². The number of rotatable bonds is 2. The summed E-state index contributed by atoms with van der Waals surface area (Å²) in [7, 11) is 0. The van der Waals surface area contributed by atoms with Crippen LogP contribution in [0.2, 0.25) is 0 Å². The fraction of sp³-hybridized carbons (Fsp3) is 0.100. The lowest BCUT2D eigenvalue weighted by Crippen LogP contribution is -2.04. The summed E-state index contributed by atoms with van der Waals surface area (Å²) in [6.07, 6.45) is 0. The van der Waals surface area contributed by atoms with Gasteiger partial charge in [0, 0.05) is 16.8 Å². The Morgan fingerprint density at radius 1 is 0.714 bits per heavy atom. The van der Waals surface area contributed by atoms with Crippen LogP contribution < -0.4 is 5.32 Å². The third-order valence-electron chi connectivity index (χ3n) is 4.95. The van der Waals surface area contributed by atoms with E-state index in [4.69, 9.17) is 0 Å². The highest BCUT2D eigenvalue weighted by molar-refractivity contribution is 5.97. The molecule has 0 bridgehead atoms. The van der Waals surface area contributed by atoms with Crippen molar-refractivity contribution in [2.45, 2.75) is 12.3 Å². The number of benzene rings is 3. The van der Waals surface area contributed by atoms with Crippen molar-refractivity contribution in [3.63, 3.8) is 0 Å². The van der Waals surface area contributed by atoms with E-state index in [1.807, 2.05) is 6.07 Å². The second-order valence-corrected chi connectivity index (χ2v) is 6.07. The molecule has 0 saturated carbocycles. The van der Waals surface area contributed by atoms with Crippen molar-refractivity contribution in [1.82, 2.24) is 0 Å². The summed E-state index contributed by atoms with van der Waals surface area (Å²) in [5, 5.41) is 3.57. The van der Waals surface area contributed by atoms with Gasteiger partial charge in [-0.05, 0) is 52.9 Å². The molecule has 1 nitrogen and oxygen atoms in total. The summed E-state index contributed by atoms with van der Waals surface area (Å²) in [4.78, 5) is 0. The Balaban J connectivity index is 1.65. The molecule has 0 radical (unpaired) electrons. The molecule has 0 saturated heterocycles. The lowest BCUT2D eigenvalue weighted by Gasteiger charge is -2.14. The van der Waals surface area contributed by atoms with Crippen molar-refractivity contribution >= 4 is 11.4 Å². The predicted molar refractivity (Wildman–Crippen MR) is 87.2 cm³/mol. The second kappa shape index (κ2) is 3.56. The van der Waals surface area contributed by atoms with E-state index < -0.39 is 0 Å². The summed E-state index contributed by atoms with van der Waals surface area (Å²) < 4.78 is 0. The zero-order valence-electron chi connectivity index (χ0n) is 11.9. The van der Waals surface area contributed by atoms with Crippen LogP contribution in [0.1, 0.15) is 23.6 Å². The number of para-hydroxylation sites is 1. The first-order chi connectivity index (χ1) is 10.3. The molecule has 1 N–H and O–H groups in total. The maximum Gasteiger partial charge on any atom is 0.0463 e. The molecule has 3 aromatic rings. The van der Waals surface area contributed by atoms with Crippen LogP contribution in [-0.2, 0) is 5.41 Å². The number of fused-ring (bicyclic) bond motifs is 4. The van der Waals surface area contributed by atoms with Crippen LogP contribution in [0.15, 0.2) is 66.7 Å². The fourth-order valence-corrected chi connectivity index (χ4v) is 3.95. The monoisotopic (exact) mass is 269 g/mol. The van der Waals surface area contributed by atoms with Crippen LogP contribution in [0.3, 0.4) is 0 Å². The third kappa shape index (κ3) is 1.26. The molecule has 1 heteroatoms. The Morgan fingerprint density at radius 3 is 2.33 bits per heavy atom. The van der Waals surface area contributed by atoms with Gasteiger partial charge in [-0.25, -0.2) is 0 Å². The molecule has 0 spiro atoms. The molecular formula is C20H15N. The zero-order chi connectivity index (χ0) is 14.0. The first-order valence-electron chi connectivity index (χ1n) is 7.40. The molecule has 1 unspecified atom stereocenters. The minimum absolute atomic E-state index is 0.131. The number of anilines is 2. The summed E-state index contributed by atoms with van der Waals surface area (Å²) in [6, 6.07) is 23.7. The Hall–Kier alpha value is -2.54. The Kier molecular flexibility index (Phi) is 1.89. The van der Waals surface area contributed by atoms with E-state index in [0.717, 1.165) is 5.69 Å². The van der Waals surface area contributed by atoms with Crippen LogP contribution in [0.25, 0.3) is 11.1 Å². The van der Waals surface area contributed by atoms with E-state index in [0.29, 0.717) is 0 Å². The molecule has 2 aliphatic carbocycles. The van der Waals surface area contributed by atoms with Crippen LogP contribution in [-0.4, -0.2) is 0 Å². The van der Waals surface area contributed by atoms with Gasteiger partial charge >= 0.3 is 0 Å². The molecule has 100 valence electrons. The Bertz CT molecular complexity index is 880. The average Bonchev–Trinajstić information content (AvgIpc) is 3.08. The average molecular weight is 269 g/mol. The van der Waals surface area contributed by atoms with Crippen LogP contribution in [0.4, 0.5) is 11.4 Å². The van der Waals surface area contributed by atoms with E-state index in [-0.39, 0.29) is 5.41 Å². The largest absolute Gasteiger partial charge is 0.355 e. The molecule has 0 amide bonds.